The maximum atomic E-state index is 12.8. The highest BCUT2D eigenvalue weighted by Gasteiger charge is 2.42. The summed E-state index contributed by atoms with van der Waals surface area (Å²) >= 11 is 11.9. The maximum Gasteiger partial charge on any atom is 0.322 e. The van der Waals surface area contributed by atoms with Gasteiger partial charge in [-0.15, -0.1) is 0 Å². The first-order valence-corrected chi connectivity index (χ1v) is 8.54. The maximum absolute atomic E-state index is 12.8. The van der Waals surface area contributed by atoms with E-state index in [0.717, 1.165) is 24.0 Å². The van der Waals surface area contributed by atoms with Crippen LogP contribution < -0.4 is 10.9 Å². The summed E-state index contributed by atoms with van der Waals surface area (Å²) in [5, 5.41) is 3.75. The van der Waals surface area contributed by atoms with Crippen LogP contribution in [-0.4, -0.2) is 22.0 Å². The van der Waals surface area contributed by atoms with Gasteiger partial charge in [0.05, 0.1) is 16.1 Å². The van der Waals surface area contributed by atoms with E-state index in [2.05, 4.69) is 10.3 Å². The van der Waals surface area contributed by atoms with Crippen molar-refractivity contribution in [1.29, 1.82) is 0 Å². The lowest BCUT2D eigenvalue weighted by atomic mass is 9.95. The molecule has 0 radical (unpaired) electrons. The van der Waals surface area contributed by atoms with E-state index >= 15 is 0 Å². The number of nitrogens with zero attached hydrogens (tertiary/aromatic N) is 1. The van der Waals surface area contributed by atoms with Crippen molar-refractivity contribution in [3.8, 4) is 0 Å². The molecule has 2 amide bonds. The normalized spacial score (nSPS) is 21.5. The van der Waals surface area contributed by atoms with E-state index in [4.69, 9.17) is 23.2 Å². The second-order valence-corrected chi connectivity index (χ2v) is 7.01. The molecule has 0 unspecified atom stereocenters. The highest BCUT2D eigenvalue weighted by atomic mass is 35.5. The number of pyridine rings is 1. The molecule has 7 heteroatoms. The van der Waals surface area contributed by atoms with Crippen molar-refractivity contribution in [3.63, 3.8) is 0 Å². The summed E-state index contributed by atoms with van der Waals surface area (Å²) in [5.41, 5.74) is 2.60. The fraction of sp³-hybridized carbons (Fsp3) is 0.294. The minimum Gasteiger partial charge on any atom is -0.329 e. The zero-order valence-corrected chi connectivity index (χ0v) is 14.2. The zero-order valence-electron chi connectivity index (χ0n) is 12.7. The van der Waals surface area contributed by atoms with Crippen molar-refractivity contribution in [2.75, 3.05) is 5.32 Å². The van der Waals surface area contributed by atoms with Crippen LogP contribution in [0.1, 0.15) is 30.0 Å². The van der Waals surface area contributed by atoms with Gasteiger partial charge in [0.25, 0.3) is 0 Å². The summed E-state index contributed by atoms with van der Waals surface area (Å²) in [6.07, 6.45) is 4.29. The lowest BCUT2D eigenvalue weighted by Crippen LogP contribution is -2.44. The number of aromatic nitrogens is 1. The lowest BCUT2D eigenvalue weighted by Gasteiger charge is -2.36. The number of carbonyl (C=O) groups excluding carboxylic acids is 1. The molecule has 0 aliphatic carbocycles. The highest BCUT2D eigenvalue weighted by Crippen LogP contribution is 2.43. The minimum atomic E-state index is -0.155. The molecule has 1 aromatic carbocycles. The van der Waals surface area contributed by atoms with Crippen molar-refractivity contribution in [3.05, 3.63) is 62.0 Å². The highest BCUT2D eigenvalue weighted by molar-refractivity contribution is 6.42. The predicted octanol–water partition coefficient (Wildman–Crippen LogP) is 3.98. The Bertz CT molecular complexity index is 880. The van der Waals surface area contributed by atoms with Crippen LogP contribution >= 0.6 is 23.2 Å². The van der Waals surface area contributed by atoms with Crippen molar-refractivity contribution in [2.24, 2.45) is 0 Å². The first-order chi connectivity index (χ1) is 11.5. The molecule has 1 aromatic heterocycles. The van der Waals surface area contributed by atoms with E-state index in [0.29, 0.717) is 22.2 Å². The number of urea groups is 1. The SMILES string of the molecule is O=C(Nc1ccc(Cl)c(Cl)c1)N1[C@H]2CC[C@@H]1c1c[nH]c(=O)cc1C2. The Balaban J connectivity index is 1.60. The molecule has 1 saturated heterocycles. The number of rotatable bonds is 1. The van der Waals surface area contributed by atoms with Gasteiger partial charge in [-0.05, 0) is 48.6 Å². The number of hydrogen-bond donors (Lipinski definition) is 2. The number of benzene rings is 1. The Kier molecular flexibility index (Phi) is 3.77. The molecule has 1 fully saturated rings. The standard InChI is InChI=1S/C17H15Cl2N3O2/c18-13-3-1-10(7-14(13)19)21-17(24)22-11-2-4-15(22)12-8-20-16(23)6-9(12)5-11/h1,3,6-8,11,15H,2,4-5H2,(H,20,23)(H,21,24)/t11-,15+/m0/s1. The summed E-state index contributed by atoms with van der Waals surface area (Å²) in [6, 6.07) is 6.63. The molecule has 24 heavy (non-hydrogen) atoms. The molecule has 0 spiro atoms. The summed E-state index contributed by atoms with van der Waals surface area (Å²) in [5.74, 6) is 0. The molecule has 124 valence electrons. The average Bonchev–Trinajstić information content (AvgIpc) is 2.86. The molecular formula is C17H15Cl2N3O2. The lowest BCUT2D eigenvalue weighted by molar-refractivity contribution is 0.179. The van der Waals surface area contributed by atoms with Crippen LogP contribution in [0.4, 0.5) is 10.5 Å². The van der Waals surface area contributed by atoms with Crippen LogP contribution in [0.3, 0.4) is 0 Å². The molecule has 2 aromatic rings. The van der Waals surface area contributed by atoms with E-state index in [1.807, 2.05) is 4.90 Å². The van der Waals surface area contributed by atoms with Crippen LogP contribution in [0, 0.1) is 0 Å². The van der Waals surface area contributed by atoms with Crippen LogP contribution in [-0.2, 0) is 6.42 Å². The molecule has 2 atom stereocenters. The Hall–Kier alpha value is -1.98. The third kappa shape index (κ3) is 2.58. The van der Waals surface area contributed by atoms with Crippen LogP contribution in [0.15, 0.2) is 35.3 Å². The van der Waals surface area contributed by atoms with Gasteiger partial charge in [-0.3, -0.25) is 4.79 Å². The summed E-state index contributed by atoms with van der Waals surface area (Å²) < 4.78 is 0. The smallest absolute Gasteiger partial charge is 0.322 e. The van der Waals surface area contributed by atoms with E-state index < -0.39 is 0 Å². The van der Waals surface area contributed by atoms with Gasteiger partial charge in [0.2, 0.25) is 5.56 Å². The number of hydrogen-bond acceptors (Lipinski definition) is 2. The molecule has 2 aliphatic heterocycles. The van der Waals surface area contributed by atoms with Gasteiger partial charge in [-0.1, -0.05) is 23.2 Å². The minimum absolute atomic E-state index is 0.00151. The fourth-order valence-corrected chi connectivity index (χ4v) is 4.02. The second kappa shape index (κ2) is 5.83. The van der Waals surface area contributed by atoms with Crippen LogP contribution in [0.2, 0.25) is 10.0 Å². The van der Waals surface area contributed by atoms with Crippen molar-refractivity contribution >= 4 is 34.9 Å². The van der Waals surface area contributed by atoms with Gasteiger partial charge in [0.1, 0.15) is 0 Å². The number of H-pyrrole nitrogens is 1. The van der Waals surface area contributed by atoms with E-state index in [9.17, 15) is 9.59 Å². The fourth-order valence-electron chi connectivity index (χ4n) is 3.72. The van der Waals surface area contributed by atoms with Crippen molar-refractivity contribution in [1.82, 2.24) is 9.88 Å². The van der Waals surface area contributed by atoms with Crippen LogP contribution in [0.5, 0.6) is 0 Å². The molecule has 2 N–H and O–H groups in total. The molecule has 4 rings (SSSR count). The van der Waals surface area contributed by atoms with Gasteiger partial charge in [0, 0.05) is 24.0 Å². The largest absolute Gasteiger partial charge is 0.329 e. The first kappa shape index (κ1) is 15.5. The first-order valence-electron chi connectivity index (χ1n) is 7.79. The molecule has 3 heterocycles. The molecule has 5 nitrogen and oxygen atoms in total. The summed E-state index contributed by atoms with van der Waals surface area (Å²) in [6.45, 7) is 0. The monoisotopic (exact) mass is 363 g/mol. The van der Waals surface area contributed by atoms with Crippen molar-refractivity contribution in [2.45, 2.75) is 31.3 Å². The molecule has 2 bridgehead atoms. The number of nitrogens with one attached hydrogen (secondary N) is 2. The third-order valence-corrected chi connectivity index (χ3v) is 5.51. The number of anilines is 1. The topological polar surface area (TPSA) is 65.2 Å². The molecule has 0 saturated carbocycles. The Morgan fingerprint density at radius 3 is 2.83 bits per heavy atom. The Labute approximate surface area is 148 Å². The van der Waals surface area contributed by atoms with Crippen LogP contribution in [0.25, 0.3) is 0 Å². The molecular weight excluding hydrogens is 349 g/mol. The van der Waals surface area contributed by atoms with Gasteiger partial charge in [-0.25, -0.2) is 4.79 Å². The number of amides is 2. The zero-order chi connectivity index (χ0) is 16.8. The predicted molar refractivity (Wildman–Crippen MR) is 93.8 cm³/mol. The Morgan fingerprint density at radius 1 is 1.21 bits per heavy atom. The molecule has 2 aliphatic rings. The van der Waals surface area contributed by atoms with E-state index in [1.54, 1.807) is 30.5 Å². The van der Waals surface area contributed by atoms with Gasteiger partial charge >= 0.3 is 6.03 Å². The number of aromatic amines is 1. The van der Waals surface area contributed by atoms with E-state index in [-0.39, 0.29) is 23.7 Å². The number of halogens is 2. The quantitative estimate of drug-likeness (QED) is 0.804. The summed E-state index contributed by atoms with van der Waals surface area (Å²) in [7, 11) is 0. The van der Waals surface area contributed by atoms with E-state index in [1.165, 1.54) is 0 Å². The van der Waals surface area contributed by atoms with Gasteiger partial charge in [0.15, 0.2) is 0 Å². The summed E-state index contributed by atoms with van der Waals surface area (Å²) in [4.78, 5) is 28.9. The average molecular weight is 364 g/mol. The number of fused-ring (bicyclic) bond motifs is 4. The number of carbonyl (C=O) groups is 1. The third-order valence-electron chi connectivity index (χ3n) is 4.77. The Morgan fingerprint density at radius 2 is 2.04 bits per heavy atom. The second-order valence-electron chi connectivity index (χ2n) is 6.20. The van der Waals surface area contributed by atoms with Gasteiger partial charge < -0.3 is 15.2 Å². The van der Waals surface area contributed by atoms with Gasteiger partial charge in [-0.2, -0.15) is 0 Å². The van der Waals surface area contributed by atoms with Crippen molar-refractivity contribution < 1.29 is 4.79 Å².